The highest BCUT2D eigenvalue weighted by molar-refractivity contribution is 5.96. The van der Waals surface area contributed by atoms with Gasteiger partial charge in [-0.2, -0.15) is 5.10 Å². The van der Waals surface area contributed by atoms with Gasteiger partial charge in [0.25, 0.3) is 0 Å². The zero-order valence-corrected chi connectivity index (χ0v) is 12.2. The summed E-state index contributed by atoms with van der Waals surface area (Å²) in [6.07, 6.45) is 5.21. The van der Waals surface area contributed by atoms with E-state index in [9.17, 15) is 4.79 Å². The Kier molecular flexibility index (Phi) is 3.20. The summed E-state index contributed by atoms with van der Waals surface area (Å²) in [7, 11) is 0. The Balaban J connectivity index is 1.70. The fourth-order valence-electron chi connectivity index (χ4n) is 2.49. The molecule has 0 amide bonds. The van der Waals surface area contributed by atoms with Crippen LogP contribution in [0.4, 0.5) is 0 Å². The van der Waals surface area contributed by atoms with E-state index >= 15 is 0 Å². The van der Waals surface area contributed by atoms with Crippen LogP contribution in [0, 0.1) is 0 Å². The van der Waals surface area contributed by atoms with Crippen molar-refractivity contribution in [2.75, 3.05) is 0 Å². The van der Waals surface area contributed by atoms with Gasteiger partial charge >= 0.3 is 0 Å². The number of hydrogen-bond donors (Lipinski definition) is 1. The number of fused-ring (bicyclic) bond motifs is 1. The smallest absolute Gasteiger partial charge is 0.172 e. The fourth-order valence-corrected chi connectivity index (χ4v) is 2.49. The maximum absolute atomic E-state index is 12.3. The van der Waals surface area contributed by atoms with Crippen LogP contribution in [0.15, 0.2) is 61.1 Å². The SMILES string of the molecule is O=C(Cc1nc2cccc(-c3ccc[nH]3)n2n1)c1cccnc1. The molecule has 112 valence electrons. The van der Waals surface area contributed by atoms with Gasteiger partial charge in [-0.1, -0.05) is 6.07 Å². The molecule has 0 aliphatic carbocycles. The Morgan fingerprint density at radius 1 is 1.13 bits per heavy atom. The lowest BCUT2D eigenvalue weighted by Crippen LogP contribution is -2.05. The number of pyridine rings is 2. The van der Waals surface area contributed by atoms with Gasteiger partial charge in [0.1, 0.15) is 0 Å². The average molecular weight is 303 g/mol. The minimum atomic E-state index is -0.0459. The largest absolute Gasteiger partial charge is 0.360 e. The van der Waals surface area contributed by atoms with Gasteiger partial charge < -0.3 is 4.98 Å². The molecule has 1 N–H and O–H groups in total. The number of rotatable bonds is 4. The van der Waals surface area contributed by atoms with Crippen LogP contribution in [0.3, 0.4) is 0 Å². The third kappa shape index (κ3) is 2.50. The predicted molar refractivity (Wildman–Crippen MR) is 85.0 cm³/mol. The van der Waals surface area contributed by atoms with Crippen LogP contribution < -0.4 is 0 Å². The highest BCUT2D eigenvalue weighted by atomic mass is 16.1. The number of hydrogen-bond acceptors (Lipinski definition) is 4. The van der Waals surface area contributed by atoms with Crippen molar-refractivity contribution in [2.45, 2.75) is 6.42 Å². The van der Waals surface area contributed by atoms with Gasteiger partial charge in [0.2, 0.25) is 0 Å². The summed E-state index contributed by atoms with van der Waals surface area (Å²) < 4.78 is 1.75. The van der Waals surface area contributed by atoms with Gasteiger partial charge in [0.15, 0.2) is 17.3 Å². The first-order valence-corrected chi connectivity index (χ1v) is 7.23. The number of carbonyl (C=O) groups excluding carboxylic acids is 1. The second-order valence-electron chi connectivity index (χ2n) is 5.13. The standard InChI is InChI=1S/C17H13N5O/c23-15(12-4-2-8-18-11-12)10-16-20-17-7-1-6-14(22(17)21-16)13-5-3-9-19-13/h1-9,11,19H,10H2. The summed E-state index contributed by atoms with van der Waals surface area (Å²) in [5.41, 5.74) is 3.13. The van der Waals surface area contributed by atoms with Crippen LogP contribution in [0.1, 0.15) is 16.2 Å². The maximum Gasteiger partial charge on any atom is 0.172 e. The summed E-state index contributed by atoms with van der Waals surface area (Å²) in [5, 5.41) is 4.48. The third-order valence-corrected chi connectivity index (χ3v) is 3.58. The van der Waals surface area contributed by atoms with Gasteiger partial charge in [-0.3, -0.25) is 9.78 Å². The van der Waals surface area contributed by atoms with Crippen molar-refractivity contribution in [3.05, 3.63) is 72.4 Å². The molecule has 0 aromatic carbocycles. The molecule has 6 heteroatoms. The molecular formula is C17H13N5O. The number of ketones is 1. The minimum Gasteiger partial charge on any atom is -0.360 e. The van der Waals surface area contributed by atoms with Crippen molar-refractivity contribution in [3.8, 4) is 11.4 Å². The molecule has 0 saturated carbocycles. The minimum absolute atomic E-state index is 0.0459. The normalized spacial score (nSPS) is 11.0. The Labute approximate surface area is 131 Å². The molecule has 0 saturated heterocycles. The highest BCUT2D eigenvalue weighted by Gasteiger charge is 2.13. The molecule has 0 spiro atoms. The number of H-pyrrole nitrogens is 1. The maximum atomic E-state index is 12.3. The Bertz CT molecular complexity index is 957. The van der Waals surface area contributed by atoms with Crippen LogP contribution in [-0.4, -0.2) is 30.3 Å². The van der Waals surface area contributed by atoms with Crippen LogP contribution in [0.5, 0.6) is 0 Å². The summed E-state index contributed by atoms with van der Waals surface area (Å²) in [4.78, 5) is 23.8. The van der Waals surface area contributed by atoms with Crippen molar-refractivity contribution in [1.82, 2.24) is 24.6 Å². The van der Waals surface area contributed by atoms with E-state index < -0.39 is 0 Å². The van der Waals surface area contributed by atoms with E-state index in [1.165, 1.54) is 0 Å². The van der Waals surface area contributed by atoms with Gasteiger partial charge in [-0.25, -0.2) is 9.50 Å². The highest BCUT2D eigenvalue weighted by Crippen LogP contribution is 2.18. The molecule has 23 heavy (non-hydrogen) atoms. The summed E-state index contributed by atoms with van der Waals surface area (Å²) in [6, 6.07) is 13.1. The summed E-state index contributed by atoms with van der Waals surface area (Å²) in [6.45, 7) is 0. The second-order valence-corrected chi connectivity index (χ2v) is 5.13. The molecule has 4 aromatic rings. The molecule has 4 rings (SSSR count). The number of carbonyl (C=O) groups is 1. The van der Waals surface area contributed by atoms with Gasteiger partial charge in [0.05, 0.1) is 17.8 Å². The molecule has 0 unspecified atom stereocenters. The van der Waals surface area contributed by atoms with E-state index in [2.05, 4.69) is 20.1 Å². The number of Topliss-reactive ketones (excluding diaryl/α,β-unsaturated/α-hetero) is 1. The molecule has 4 heterocycles. The monoisotopic (exact) mass is 303 g/mol. The molecule has 0 fully saturated rings. The van der Waals surface area contributed by atoms with Gasteiger partial charge in [0, 0.05) is 24.2 Å². The first-order valence-electron chi connectivity index (χ1n) is 7.23. The first kappa shape index (κ1) is 13.4. The molecule has 0 radical (unpaired) electrons. The van der Waals surface area contributed by atoms with Crippen LogP contribution in [0.25, 0.3) is 17.0 Å². The molecule has 0 aliphatic heterocycles. The number of nitrogens with one attached hydrogen (secondary N) is 1. The number of aromatic amines is 1. The lowest BCUT2D eigenvalue weighted by Gasteiger charge is -2.00. The van der Waals surface area contributed by atoms with Crippen molar-refractivity contribution in [2.24, 2.45) is 0 Å². The molecule has 4 aromatic heterocycles. The van der Waals surface area contributed by atoms with E-state index in [1.807, 2.05) is 36.5 Å². The number of nitrogens with zero attached hydrogens (tertiary/aromatic N) is 4. The zero-order valence-electron chi connectivity index (χ0n) is 12.2. The Hall–Kier alpha value is -3.28. The average Bonchev–Trinajstić information content (AvgIpc) is 3.24. The van der Waals surface area contributed by atoms with Crippen LogP contribution in [-0.2, 0) is 6.42 Å². The van der Waals surface area contributed by atoms with Gasteiger partial charge in [-0.05, 0) is 36.4 Å². The van der Waals surface area contributed by atoms with Crippen molar-refractivity contribution >= 4 is 11.4 Å². The molecular weight excluding hydrogens is 290 g/mol. The Morgan fingerprint density at radius 2 is 2.09 bits per heavy atom. The molecule has 0 bridgehead atoms. The second kappa shape index (κ2) is 5.49. The van der Waals surface area contributed by atoms with Crippen LogP contribution >= 0.6 is 0 Å². The Morgan fingerprint density at radius 3 is 2.87 bits per heavy atom. The number of aromatic nitrogens is 5. The van der Waals surface area contributed by atoms with Crippen LogP contribution in [0.2, 0.25) is 0 Å². The van der Waals surface area contributed by atoms with Crippen molar-refractivity contribution < 1.29 is 4.79 Å². The lowest BCUT2D eigenvalue weighted by molar-refractivity contribution is 0.0990. The van der Waals surface area contributed by atoms with E-state index in [0.29, 0.717) is 17.0 Å². The first-order chi connectivity index (χ1) is 11.3. The van der Waals surface area contributed by atoms with Crippen molar-refractivity contribution in [3.63, 3.8) is 0 Å². The van der Waals surface area contributed by atoms with Crippen molar-refractivity contribution in [1.29, 1.82) is 0 Å². The van der Waals surface area contributed by atoms with E-state index in [0.717, 1.165) is 11.4 Å². The molecule has 6 nitrogen and oxygen atoms in total. The van der Waals surface area contributed by atoms with E-state index in [1.54, 1.807) is 29.0 Å². The molecule has 0 aliphatic rings. The quantitative estimate of drug-likeness (QED) is 0.588. The molecule has 0 atom stereocenters. The summed E-state index contributed by atoms with van der Waals surface area (Å²) in [5.74, 6) is 0.452. The third-order valence-electron chi connectivity index (χ3n) is 3.58. The lowest BCUT2D eigenvalue weighted by atomic mass is 10.1. The van der Waals surface area contributed by atoms with E-state index in [-0.39, 0.29) is 12.2 Å². The van der Waals surface area contributed by atoms with Gasteiger partial charge in [-0.15, -0.1) is 0 Å². The zero-order chi connectivity index (χ0) is 15.6. The fraction of sp³-hybridized carbons (Fsp3) is 0.0588. The predicted octanol–water partition coefficient (Wildman–Crippen LogP) is 2.54. The topological polar surface area (TPSA) is 75.9 Å². The summed E-state index contributed by atoms with van der Waals surface area (Å²) >= 11 is 0. The van der Waals surface area contributed by atoms with E-state index in [4.69, 9.17) is 0 Å².